The van der Waals surface area contributed by atoms with Gasteiger partial charge in [0, 0.05) is 18.5 Å². The minimum atomic E-state index is -0.0853. The fraction of sp³-hybridized carbons (Fsp3) is 0.500. The minimum Gasteiger partial charge on any atom is -0.481 e. The molecule has 0 aliphatic heterocycles. The van der Waals surface area contributed by atoms with Crippen molar-refractivity contribution in [3.8, 4) is 5.88 Å². The van der Waals surface area contributed by atoms with Crippen LogP contribution in [0.15, 0.2) is 18.3 Å². The van der Waals surface area contributed by atoms with E-state index in [0.29, 0.717) is 18.0 Å². The molecule has 0 bridgehead atoms. The molecular weight excluding hydrogens is 218 g/mol. The molecule has 1 unspecified atom stereocenters. The zero-order valence-corrected chi connectivity index (χ0v) is 10.3. The Kier molecular flexibility index (Phi) is 5.42. The molecule has 17 heavy (non-hydrogen) atoms. The standard InChI is InChI=1S/C12H19N3O2/c1-3-4-9(13)7-11(16)15-10-5-6-12(17-2)14-8-10/h5-6,8-9H,3-4,7,13H2,1-2H3,(H,15,16). The Labute approximate surface area is 101 Å². The Morgan fingerprint density at radius 3 is 2.88 bits per heavy atom. The number of rotatable bonds is 6. The predicted octanol–water partition coefficient (Wildman–Crippen LogP) is 1.55. The number of hydrogen-bond donors (Lipinski definition) is 2. The van der Waals surface area contributed by atoms with Gasteiger partial charge in [0.25, 0.3) is 0 Å². The molecule has 1 atom stereocenters. The van der Waals surface area contributed by atoms with Crippen LogP contribution in [0.4, 0.5) is 5.69 Å². The van der Waals surface area contributed by atoms with Gasteiger partial charge >= 0.3 is 0 Å². The van der Waals surface area contributed by atoms with Crippen LogP contribution >= 0.6 is 0 Å². The van der Waals surface area contributed by atoms with E-state index in [4.69, 9.17) is 10.5 Å². The second-order valence-corrected chi connectivity index (χ2v) is 3.89. The highest BCUT2D eigenvalue weighted by molar-refractivity contribution is 5.90. The molecule has 1 aromatic heterocycles. The fourth-order valence-electron chi connectivity index (χ4n) is 1.50. The van der Waals surface area contributed by atoms with Crippen LogP contribution in [-0.4, -0.2) is 24.0 Å². The van der Waals surface area contributed by atoms with Crippen LogP contribution in [0.25, 0.3) is 0 Å². The highest BCUT2D eigenvalue weighted by Gasteiger charge is 2.08. The normalized spacial score (nSPS) is 11.9. The summed E-state index contributed by atoms with van der Waals surface area (Å²) in [5, 5.41) is 2.75. The third kappa shape index (κ3) is 4.82. The molecular formula is C12H19N3O2. The molecule has 0 aliphatic carbocycles. The quantitative estimate of drug-likeness (QED) is 0.787. The topological polar surface area (TPSA) is 77.2 Å². The molecule has 0 radical (unpaired) electrons. The van der Waals surface area contributed by atoms with E-state index in [1.807, 2.05) is 6.92 Å². The lowest BCUT2D eigenvalue weighted by Crippen LogP contribution is -2.26. The van der Waals surface area contributed by atoms with Gasteiger partial charge in [0.05, 0.1) is 19.0 Å². The van der Waals surface area contributed by atoms with Crippen LogP contribution in [0.5, 0.6) is 5.88 Å². The first kappa shape index (κ1) is 13.4. The number of pyridine rings is 1. The summed E-state index contributed by atoms with van der Waals surface area (Å²) in [5.74, 6) is 0.434. The molecule has 0 spiro atoms. The predicted molar refractivity (Wildman–Crippen MR) is 66.9 cm³/mol. The zero-order chi connectivity index (χ0) is 12.7. The van der Waals surface area contributed by atoms with Gasteiger partial charge in [0.2, 0.25) is 11.8 Å². The number of carbonyl (C=O) groups excluding carboxylic acids is 1. The van der Waals surface area contributed by atoms with Crippen LogP contribution in [0.2, 0.25) is 0 Å². The molecule has 1 heterocycles. The van der Waals surface area contributed by atoms with Crippen LogP contribution in [0.3, 0.4) is 0 Å². The van der Waals surface area contributed by atoms with E-state index in [0.717, 1.165) is 12.8 Å². The van der Waals surface area contributed by atoms with Gasteiger partial charge in [-0.1, -0.05) is 13.3 Å². The summed E-state index contributed by atoms with van der Waals surface area (Å²) in [6.45, 7) is 2.05. The highest BCUT2D eigenvalue weighted by atomic mass is 16.5. The third-order valence-electron chi connectivity index (χ3n) is 2.34. The van der Waals surface area contributed by atoms with Gasteiger partial charge in [0.15, 0.2) is 0 Å². The maximum absolute atomic E-state index is 11.6. The van der Waals surface area contributed by atoms with Crippen LogP contribution in [-0.2, 0) is 4.79 Å². The Balaban J connectivity index is 2.44. The van der Waals surface area contributed by atoms with Crippen LogP contribution < -0.4 is 15.8 Å². The Hall–Kier alpha value is -1.62. The van der Waals surface area contributed by atoms with Crippen LogP contribution in [0, 0.1) is 0 Å². The van der Waals surface area contributed by atoms with E-state index >= 15 is 0 Å². The summed E-state index contributed by atoms with van der Waals surface area (Å²) in [6.07, 6.45) is 3.73. The third-order valence-corrected chi connectivity index (χ3v) is 2.34. The number of hydrogen-bond acceptors (Lipinski definition) is 4. The monoisotopic (exact) mass is 237 g/mol. The number of ether oxygens (including phenoxy) is 1. The van der Waals surface area contributed by atoms with Crippen molar-refractivity contribution >= 4 is 11.6 Å². The fourth-order valence-corrected chi connectivity index (χ4v) is 1.50. The van der Waals surface area contributed by atoms with Gasteiger partial charge in [-0.25, -0.2) is 4.98 Å². The zero-order valence-electron chi connectivity index (χ0n) is 10.3. The first-order valence-corrected chi connectivity index (χ1v) is 5.71. The van der Waals surface area contributed by atoms with Crippen molar-refractivity contribution in [3.05, 3.63) is 18.3 Å². The molecule has 0 saturated heterocycles. The number of aromatic nitrogens is 1. The van der Waals surface area contributed by atoms with Crippen molar-refractivity contribution in [3.63, 3.8) is 0 Å². The lowest BCUT2D eigenvalue weighted by Gasteiger charge is -2.10. The first-order valence-electron chi connectivity index (χ1n) is 5.71. The summed E-state index contributed by atoms with van der Waals surface area (Å²) < 4.78 is 4.93. The van der Waals surface area contributed by atoms with Crippen molar-refractivity contribution in [2.75, 3.05) is 12.4 Å². The molecule has 1 aromatic rings. The maximum Gasteiger partial charge on any atom is 0.225 e. The number of carbonyl (C=O) groups is 1. The first-order chi connectivity index (χ1) is 8.15. The summed E-state index contributed by atoms with van der Waals surface area (Å²) in [6, 6.07) is 3.36. The van der Waals surface area contributed by atoms with E-state index in [-0.39, 0.29) is 11.9 Å². The van der Waals surface area contributed by atoms with E-state index in [1.165, 1.54) is 0 Å². The summed E-state index contributed by atoms with van der Waals surface area (Å²) >= 11 is 0. The average molecular weight is 237 g/mol. The number of nitrogens with two attached hydrogens (primary N) is 1. The van der Waals surface area contributed by atoms with Crippen molar-refractivity contribution in [1.29, 1.82) is 0 Å². The summed E-state index contributed by atoms with van der Waals surface area (Å²) in [4.78, 5) is 15.6. The van der Waals surface area contributed by atoms with Crippen molar-refractivity contribution < 1.29 is 9.53 Å². The lowest BCUT2D eigenvalue weighted by molar-refractivity contribution is -0.116. The molecule has 0 aromatic carbocycles. The summed E-state index contributed by atoms with van der Waals surface area (Å²) in [5.41, 5.74) is 6.44. The van der Waals surface area contributed by atoms with E-state index in [2.05, 4.69) is 10.3 Å². The second kappa shape index (κ2) is 6.85. The largest absolute Gasteiger partial charge is 0.481 e. The molecule has 0 saturated carbocycles. The molecule has 3 N–H and O–H groups in total. The summed E-state index contributed by atoms with van der Waals surface area (Å²) in [7, 11) is 1.55. The minimum absolute atomic E-state index is 0.0776. The van der Waals surface area contributed by atoms with Gasteiger partial charge < -0.3 is 15.8 Å². The van der Waals surface area contributed by atoms with Crippen LogP contribution in [0.1, 0.15) is 26.2 Å². The Bertz CT molecular complexity index is 351. The van der Waals surface area contributed by atoms with Crippen molar-refractivity contribution in [1.82, 2.24) is 4.98 Å². The Morgan fingerprint density at radius 1 is 1.59 bits per heavy atom. The average Bonchev–Trinajstić information content (AvgIpc) is 2.30. The number of anilines is 1. The molecule has 5 heteroatoms. The lowest BCUT2D eigenvalue weighted by atomic mass is 10.1. The van der Waals surface area contributed by atoms with Crippen molar-refractivity contribution in [2.45, 2.75) is 32.2 Å². The SMILES string of the molecule is CCCC(N)CC(=O)Nc1ccc(OC)nc1. The molecule has 0 fully saturated rings. The number of nitrogens with zero attached hydrogens (tertiary/aromatic N) is 1. The van der Waals surface area contributed by atoms with Gasteiger partial charge in [0.1, 0.15) is 0 Å². The second-order valence-electron chi connectivity index (χ2n) is 3.89. The van der Waals surface area contributed by atoms with Crippen molar-refractivity contribution in [2.24, 2.45) is 5.73 Å². The number of methoxy groups -OCH3 is 1. The van der Waals surface area contributed by atoms with E-state index in [9.17, 15) is 4.79 Å². The Morgan fingerprint density at radius 2 is 2.35 bits per heavy atom. The van der Waals surface area contributed by atoms with Gasteiger partial charge in [-0.05, 0) is 12.5 Å². The number of amides is 1. The van der Waals surface area contributed by atoms with Gasteiger partial charge in [-0.2, -0.15) is 0 Å². The molecule has 1 amide bonds. The smallest absolute Gasteiger partial charge is 0.225 e. The highest BCUT2D eigenvalue weighted by Crippen LogP contribution is 2.11. The van der Waals surface area contributed by atoms with Gasteiger partial charge in [-0.3, -0.25) is 4.79 Å². The molecule has 94 valence electrons. The molecule has 1 rings (SSSR count). The maximum atomic E-state index is 11.6. The number of nitrogens with one attached hydrogen (secondary N) is 1. The molecule has 0 aliphatic rings. The van der Waals surface area contributed by atoms with Gasteiger partial charge in [-0.15, -0.1) is 0 Å². The van der Waals surface area contributed by atoms with E-state index in [1.54, 1.807) is 25.4 Å². The molecule has 5 nitrogen and oxygen atoms in total. The van der Waals surface area contributed by atoms with E-state index < -0.39 is 0 Å².